The van der Waals surface area contributed by atoms with Crippen LogP contribution in [0.2, 0.25) is 4.34 Å². The number of anilines is 1. The first-order valence-corrected chi connectivity index (χ1v) is 9.74. The van der Waals surface area contributed by atoms with Crippen molar-refractivity contribution in [3.05, 3.63) is 40.2 Å². The van der Waals surface area contributed by atoms with E-state index in [4.69, 9.17) is 16.7 Å². The minimum Gasteiger partial charge on any atom is -0.279 e. The van der Waals surface area contributed by atoms with Crippen molar-refractivity contribution >= 4 is 48.7 Å². The van der Waals surface area contributed by atoms with Gasteiger partial charge in [-0.2, -0.15) is 0 Å². The Balaban J connectivity index is 2.46. The van der Waals surface area contributed by atoms with E-state index in [0.29, 0.717) is 4.34 Å². The van der Waals surface area contributed by atoms with Gasteiger partial charge in [0, 0.05) is 0 Å². The normalized spacial score (nSPS) is 12.3. The molecule has 0 radical (unpaired) electrons. The molecule has 1 aromatic heterocycles. The summed E-state index contributed by atoms with van der Waals surface area (Å²) in [6, 6.07) is 7.01. The van der Waals surface area contributed by atoms with E-state index in [0.717, 1.165) is 11.3 Å². The molecule has 0 aliphatic heterocycles. The molecule has 2 rings (SSSR count). The molecule has 6 nitrogen and oxygen atoms in total. The molecule has 0 bridgehead atoms. The van der Waals surface area contributed by atoms with Crippen molar-refractivity contribution in [3.8, 4) is 0 Å². The molecular weight excluding hydrogens is 356 g/mol. The van der Waals surface area contributed by atoms with Gasteiger partial charge < -0.3 is 0 Å². The first-order valence-electron chi connectivity index (χ1n) is 5.52. The molecule has 0 amide bonds. The smallest absolute Gasteiger partial charge is 0.271 e. The maximum Gasteiger partial charge on any atom is 0.271 e. The fourth-order valence-corrected chi connectivity index (χ4v) is 5.08. The summed E-state index contributed by atoms with van der Waals surface area (Å²) in [5, 5.41) is 5.08. The van der Waals surface area contributed by atoms with E-state index < -0.39 is 20.0 Å². The lowest BCUT2D eigenvalue weighted by atomic mass is 10.2. The fraction of sp³-hybridized carbons (Fsp3) is 0.0909. The van der Waals surface area contributed by atoms with Crippen molar-refractivity contribution in [1.29, 1.82) is 0 Å². The Bertz CT molecular complexity index is 888. The standard InChI is InChI=1S/C11H11ClN2O4S3/c1-7-8(3-2-4-9(7)20(13,15)16)14-21(17,18)11-6-5-10(12)19-11/h2-6,14H,1H3,(H2,13,15,16). The van der Waals surface area contributed by atoms with Crippen LogP contribution in [0.3, 0.4) is 0 Å². The molecule has 0 fully saturated rings. The monoisotopic (exact) mass is 366 g/mol. The first kappa shape index (κ1) is 16.2. The molecule has 0 aliphatic carbocycles. The molecular formula is C11H11ClN2O4S3. The summed E-state index contributed by atoms with van der Waals surface area (Å²) >= 11 is 6.62. The number of benzene rings is 1. The van der Waals surface area contributed by atoms with Crippen molar-refractivity contribution in [1.82, 2.24) is 0 Å². The lowest BCUT2D eigenvalue weighted by molar-refractivity contribution is 0.596. The van der Waals surface area contributed by atoms with E-state index in [1.54, 1.807) is 0 Å². The summed E-state index contributed by atoms with van der Waals surface area (Å²) in [4.78, 5) is -0.132. The summed E-state index contributed by atoms with van der Waals surface area (Å²) in [6.07, 6.45) is 0. The Kier molecular flexibility index (Phi) is 4.31. The van der Waals surface area contributed by atoms with E-state index in [9.17, 15) is 16.8 Å². The highest BCUT2D eigenvalue weighted by atomic mass is 35.5. The highest BCUT2D eigenvalue weighted by molar-refractivity contribution is 7.94. The van der Waals surface area contributed by atoms with Gasteiger partial charge in [0.25, 0.3) is 10.0 Å². The third-order valence-corrected chi connectivity index (χ3v) is 6.79. The Morgan fingerprint density at radius 1 is 1.14 bits per heavy atom. The largest absolute Gasteiger partial charge is 0.279 e. The van der Waals surface area contributed by atoms with Gasteiger partial charge in [-0.1, -0.05) is 17.7 Å². The van der Waals surface area contributed by atoms with Crippen LogP contribution in [-0.4, -0.2) is 16.8 Å². The molecule has 114 valence electrons. The highest BCUT2D eigenvalue weighted by Crippen LogP contribution is 2.29. The van der Waals surface area contributed by atoms with E-state index >= 15 is 0 Å². The summed E-state index contributed by atoms with van der Waals surface area (Å²) in [6.45, 7) is 1.47. The maximum absolute atomic E-state index is 12.2. The van der Waals surface area contributed by atoms with Gasteiger partial charge in [0.1, 0.15) is 4.21 Å². The van der Waals surface area contributed by atoms with Crippen LogP contribution in [0.5, 0.6) is 0 Å². The van der Waals surface area contributed by atoms with Gasteiger partial charge in [-0.15, -0.1) is 11.3 Å². The number of thiophene rings is 1. The zero-order valence-electron chi connectivity index (χ0n) is 10.7. The summed E-state index contributed by atoms with van der Waals surface area (Å²) in [5.41, 5.74) is 0.372. The Morgan fingerprint density at radius 2 is 1.81 bits per heavy atom. The van der Waals surface area contributed by atoms with Gasteiger partial charge in [-0.3, -0.25) is 4.72 Å². The Hall–Kier alpha value is -1.13. The van der Waals surface area contributed by atoms with Crippen LogP contribution in [-0.2, 0) is 20.0 Å². The molecule has 0 unspecified atom stereocenters. The second kappa shape index (κ2) is 5.58. The molecule has 0 saturated carbocycles. The van der Waals surface area contributed by atoms with Gasteiger partial charge in [0.15, 0.2) is 0 Å². The SMILES string of the molecule is Cc1c(NS(=O)(=O)c2ccc(Cl)s2)cccc1S(N)(=O)=O. The molecule has 0 saturated heterocycles. The molecule has 0 aliphatic rings. The molecule has 10 heteroatoms. The van der Waals surface area contributed by atoms with Crippen LogP contribution in [0.25, 0.3) is 0 Å². The third kappa shape index (κ3) is 3.55. The number of nitrogens with one attached hydrogen (secondary N) is 1. The molecule has 3 N–H and O–H groups in total. The Morgan fingerprint density at radius 3 is 2.33 bits per heavy atom. The number of rotatable bonds is 4. The quantitative estimate of drug-likeness (QED) is 0.864. The molecule has 21 heavy (non-hydrogen) atoms. The highest BCUT2D eigenvalue weighted by Gasteiger charge is 2.20. The second-order valence-electron chi connectivity index (χ2n) is 4.14. The predicted molar refractivity (Wildman–Crippen MR) is 82.7 cm³/mol. The van der Waals surface area contributed by atoms with Gasteiger partial charge in [-0.25, -0.2) is 22.0 Å². The van der Waals surface area contributed by atoms with Crippen molar-refractivity contribution in [3.63, 3.8) is 0 Å². The maximum atomic E-state index is 12.2. The molecule has 0 atom stereocenters. The van der Waals surface area contributed by atoms with E-state index in [1.807, 2.05) is 0 Å². The average molecular weight is 367 g/mol. The minimum atomic E-state index is -3.93. The summed E-state index contributed by atoms with van der Waals surface area (Å²) < 4.78 is 49.9. The average Bonchev–Trinajstić information content (AvgIpc) is 2.78. The van der Waals surface area contributed by atoms with E-state index in [-0.39, 0.29) is 20.4 Å². The van der Waals surface area contributed by atoms with Crippen LogP contribution >= 0.6 is 22.9 Å². The fourth-order valence-electron chi connectivity index (χ4n) is 1.67. The zero-order chi connectivity index (χ0) is 15.8. The van der Waals surface area contributed by atoms with Crippen LogP contribution in [0.15, 0.2) is 39.4 Å². The molecule has 2 aromatic rings. The minimum absolute atomic E-state index is 0.0351. The lowest BCUT2D eigenvalue weighted by Crippen LogP contribution is -2.17. The van der Waals surface area contributed by atoms with Crippen molar-refractivity contribution in [2.75, 3.05) is 4.72 Å². The van der Waals surface area contributed by atoms with Crippen molar-refractivity contribution in [2.24, 2.45) is 5.14 Å². The molecule has 0 spiro atoms. The number of nitrogens with two attached hydrogens (primary N) is 1. The van der Waals surface area contributed by atoms with Crippen LogP contribution in [0.1, 0.15) is 5.56 Å². The van der Waals surface area contributed by atoms with Crippen molar-refractivity contribution in [2.45, 2.75) is 16.0 Å². The van der Waals surface area contributed by atoms with E-state index in [1.165, 1.54) is 37.3 Å². The van der Waals surface area contributed by atoms with Gasteiger partial charge in [0.05, 0.1) is 14.9 Å². The number of primary sulfonamides is 1. The van der Waals surface area contributed by atoms with Crippen LogP contribution in [0, 0.1) is 6.92 Å². The lowest BCUT2D eigenvalue weighted by Gasteiger charge is -2.11. The molecule has 1 heterocycles. The topological polar surface area (TPSA) is 106 Å². The van der Waals surface area contributed by atoms with Gasteiger partial charge in [0.2, 0.25) is 10.0 Å². The molecule has 1 aromatic carbocycles. The van der Waals surface area contributed by atoms with E-state index in [2.05, 4.69) is 4.72 Å². The second-order valence-corrected chi connectivity index (χ2v) is 9.29. The number of sulfonamides is 2. The third-order valence-electron chi connectivity index (χ3n) is 2.65. The first-order chi connectivity index (χ1) is 9.61. The zero-order valence-corrected chi connectivity index (χ0v) is 13.9. The summed E-state index contributed by atoms with van der Waals surface area (Å²) in [7, 11) is -7.75. The summed E-state index contributed by atoms with van der Waals surface area (Å²) in [5.74, 6) is 0. The van der Waals surface area contributed by atoms with Gasteiger partial charge in [-0.05, 0) is 36.8 Å². The predicted octanol–water partition coefficient (Wildman–Crippen LogP) is 2.16. The van der Waals surface area contributed by atoms with Crippen LogP contribution < -0.4 is 9.86 Å². The van der Waals surface area contributed by atoms with Crippen molar-refractivity contribution < 1.29 is 16.8 Å². The Labute approximate surface area is 131 Å². The number of hydrogen-bond acceptors (Lipinski definition) is 5. The van der Waals surface area contributed by atoms with Gasteiger partial charge >= 0.3 is 0 Å². The van der Waals surface area contributed by atoms with Crippen LogP contribution in [0.4, 0.5) is 5.69 Å². The number of halogens is 1. The number of hydrogen-bond donors (Lipinski definition) is 2.